The van der Waals surface area contributed by atoms with Gasteiger partial charge in [-0.05, 0) is 42.9 Å². The van der Waals surface area contributed by atoms with E-state index in [1.165, 1.54) is 28.7 Å². The minimum atomic E-state index is 0.747. The van der Waals surface area contributed by atoms with E-state index in [1.54, 1.807) is 6.20 Å². The maximum Gasteiger partial charge on any atom is 0.164 e. The molecule has 3 aromatic rings. The van der Waals surface area contributed by atoms with Crippen LogP contribution >= 0.6 is 11.3 Å². The van der Waals surface area contributed by atoms with Crippen LogP contribution < -0.4 is 5.32 Å². The minimum absolute atomic E-state index is 0.747. The molecule has 0 aromatic carbocycles. The molecule has 0 amide bonds. The van der Waals surface area contributed by atoms with Crippen molar-refractivity contribution in [3.05, 3.63) is 35.0 Å². The van der Waals surface area contributed by atoms with Crippen LogP contribution in [0.1, 0.15) is 23.8 Å². The fourth-order valence-electron chi connectivity index (χ4n) is 3.15. The summed E-state index contributed by atoms with van der Waals surface area (Å²) in [7, 11) is 1.93. The van der Waals surface area contributed by atoms with Gasteiger partial charge < -0.3 is 5.32 Å². The molecular formula is C17H18N4S. The average Bonchev–Trinajstić information content (AvgIpc) is 2.92. The van der Waals surface area contributed by atoms with Gasteiger partial charge in [0.15, 0.2) is 5.82 Å². The third-order valence-corrected chi connectivity index (χ3v) is 5.46. The molecular weight excluding hydrogens is 292 g/mol. The zero-order valence-corrected chi connectivity index (χ0v) is 13.6. The Labute approximate surface area is 133 Å². The second kappa shape index (κ2) is 5.32. The van der Waals surface area contributed by atoms with Gasteiger partial charge >= 0.3 is 0 Å². The van der Waals surface area contributed by atoms with Gasteiger partial charge in [-0.15, -0.1) is 11.3 Å². The molecule has 4 nitrogen and oxygen atoms in total. The number of nitrogens with zero attached hydrogens (tertiary/aromatic N) is 3. The molecule has 0 spiro atoms. The predicted molar refractivity (Wildman–Crippen MR) is 91.4 cm³/mol. The Kier molecular flexibility index (Phi) is 3.30. The third kappa shape index (κ3) is 2.16. The fourth-order valence-corrected chi connectivity index (χ4v) is 4.53. The van der Waals surface area contributed by atoms with Crippen molar-refractivity contribution in [2.75, 3.05) is 12.4 Å². The smallest absolute Gasteiger partial charge is 0.164 e. The number of hydrogen-bond donors (Lipinski definition) is 1. The zero-order valence-electron chi connectivity index (χ0n) is 12.8. The fraction of sp³-hybridized carbons (Fsp3) is 0.353. The van der Waals surface area contributed by atoms with Crippen molar-refractivity contribution in [1.29, 1.82) is 0 Å². The summed E-state index contributed by atoms with van der Waals surface area (Å²) >= 11 is 1.83. The highest BCUT2D eigenvalue weighted by Gasteiger charge is 2.23. The van der Waals surface area contributed by atoms with Crippen LogP contribution in [-0.4, -0.2) is 22.0 Å². The molecule has 0 saturated heterocycles. The Bertz CT molecular complexity index is 826. The highest BCUT2D eigenvalue weighted by molar-refractivity contribution is 7.19. The zero-order chi connectivity index (χ0) is 15.1. The maximum atomic E-state index is 4.81. The number of aromatic nitrogens is 3. The maximum absolute atomic E-state index is 4.81. The van der Waals surface area contributed by atoms with Gasteiger partial charge in [0.2, 0.25) is 0 Å². The molecule has 1 atom stereocenters. The van der Waals surface area contributed by atoms with Crippen LogP contribution in [0.15, 0.2) is 24.5 Å². The molecule has 0 bridgehead atoms. The average molecular weight is 310 g/mol. The predicted octanol–water partition coefficient (Wildman–Crippen LogP) is 3.92. The molecule has 112 valence electrons. The number of aryl methyl sites for hydroxylation is 1. The molecule has 0 aliphatic heterocycles. The summed E-state index contributed by atoms with van der Waals surface area (Å²) < 4.78 is 0. The van der Waals surface area contributed by atoms with Crippen LogP contribution in [0.5, 0.6) is 0 Å². The monoisotopic (exact) mass is 310 g/mol. The summed E-state index contributed by atoms with van der Waals surface area (Å²) in [5.74, 6) is 2.46. The molecule has 0 radical (unpaired) electrons. The first-order valence-corrected chi connectivity index (χ1v) is 8.48. The molecule has 5 heteroatoms. The first kappa shape index (κ1) is 13.6. The summed E-state index contributed by atoms with van der Waals surface area (Å²) in [5, 5.41) is 4.49. The lowest BCUT2D eigenvalue weighted by Crippen LogP contribution is -2.09. The third-order valence-electron chi connectivity index (χ3n) is 4.31. The van der Waals surface area contributed by atoms with Crippen LogP contribution in [0.25, 0.3) is 21.6 Å². The highest BCUT2D eigenvalue weighted by Crippen LogP contribution is 2.40. The van der Waals surface area contributed by atoms with Crippen molar-refractivity contribution in [3.8, 4) is 11.4 Å². The van der Waals surface area contributed by atoms with Crippen molar-refractivity contribution >= 4 is 27.4 Å². The number of fused-ring (bicyclic) bond motifs is 3. The van der Waals surface area contributed by atoms with E-state index in [0.29, 0.717) is 0 Å². The summed E-state index contributed by atoms with van der Waals surface area (Å²) in [4.78, 5) is 16.3. The van der Waals surface area contributed by atoms with E-state index in [4.69, 9.17) is 9.97 Å². The van der Waals surface area contributed by atoms with E-state index in [2.05, 4.69) is 17.2 Å². The number of rotatable bonds is 2. The molecule has 3 aromatic heterocycles. The van der Waals surface area contributed by atoms with Gasteiger partial charge in [0.25, 0.3) is 0 Å². The Morgan fingerprint density at radius 2 is 2.23 bits per heavy atom. The highest BCUT2D eigenvalue weighted by atomic mass is 32.1. The van der Waals surface area contributed by atoms with E-state index in [-0.39, 0.29) is 0 Å². The van der Waals surface area contributed by atoms with Crippen molar-refractivity contribution in [1.82, 2.24) is 15.0 Å². The molecule has 0 unspecified atom stereocenters. The van der Waals surface area contributed by atoms with Crippen LogP contribution in [0, 0.1) is 5.92 Å². The lowest BCUT2D eigenvalue weighted by atomic mass is 9.89. The van der Waals surface area contributed by atoms with Crippen molar-refractivity contribution < 1.29 is 0 Å². The quantitative estimate of drug-likeness (QED) is 0.779. The van der Waals surface area contributed by atoms with E-state index in [1.807, 2.05) is 36.7 Å². The van der Waals surface area contributed by atoms with Crippen LogP contribution in [0.2, 0.25) is 0 Å². The number of hydrogen-bond acceptors (Lipinski definition) is 5. The Balaban J connectivity index is 1.94. The van der Waals surface area contributed by atoms with E-state index in [0.717, 1.165) is 34.4 Å². The van der Waals surface area contributed by atoms with E-state index < -0.39 is 0 Å². The van der Waals surface area contributed by atoms with Gasteiger partial charge in [0, 0.05) is 29.9 Å². The number of pyridine rings is 1. The minimum Gasteiger partial charge on any atom is -0.372 e. The lowest BCUT2D eigenvalue weighted by molar-refractivity contribution is 0.509. The van der Waals surface area contributed by atoms with Crippen molar-refractivity contribution in [2.24, 2.45) is 5.92 Å². The molecule has 1 aliphatic rings. The van der Waals surface area contributed by atoms with Gasteiger partial charge in [-0.25, -0.2) is 9.97 Å². The first-order valence-electron chi connectivity index (χ1n) is 7.66. The normalized spacial score (nSPS) is 17.5. The van der Waals surface area contributed by atoms with E-state index in [9.17, 15) is 0 Å². The molecule has 4 rings (SSSR count). The number of anilines is 1. The largest absolute Gasteiger partial charge is 0.372 e. The van der Waals surface area contributed by atoms with Gasteiger partial charge in [0.1, 0.15) is 10.6 Å². The summed E-state index contributed by atoms with van der Waals surface area (Å²) in [6.07, 6.45) is 7.15. The van der Waals surface area contributed by atoms with Crippen LogP contribution in [0.4, 0.5) is 5.82 Å². The van der Waals surface area contributed by atoms with Crippen LogP contribution in [0.3, 0.4) is 0 Å². The molecule has 0 saturated carbocycles. The SMILES string of the molecule is CNc1nc(-c2cccnc2)nc2sc3c(c12)CC[C@H](C)C3. The van der Waals surface area contributed by atoms with Gasteiger partial charge in [-0.2, -0.15) is 0 Å². The Morgan fingerprint density at radius 3 is 3.00 bits per heavy atom. The summed E-state index contributed by atoms with van der Waals surface area (Å²) in [6.45, 7) is 2.33. The molecule has 3 heterocycles. The molecule has 1 aliphatic carbocycles. The topological polar surface area (TPSA) is 50.7 Å². The second-order valence-corrected chi connectivity index (χ2v) is 7.00. The number of nitrogens with one attached hydrogen (secondary N) is 1. The Morgan fingerprint density at radius 1 is 1.32 bits per heavy atom. The first-order chi connectivity index (χ1) is 10.8. The van der Waals surface area contributed by atoms with Crippen LogP contribution in [-0.2, 0) is 12.8 Å². The molecule has 0 fully saturated rings. The van der Waals surface area contributed by atoms with E-state index >= 15 is 0 Å². The van der Waals surface area contributed by atoms with Gasteiger partial charge in [-0.1, -0.05) is 6.92 Å². The summed E-state index contributed by atoms with van der Waals surface area (Å²) in [6, 6.07) is 3.92. The van der Waals surface area contributed by atoms with Crippen molar-refractivity contribution in [3.63, 3.8) is 0 Å². The molecule has 1 N–H and O–H groups in total. The lowest BCUT2D eigenvalue weighted by Gasteiger charge is -2.18. The van der Waals surface area contributed by atoms with Crippen molar-refractivity contribution in [2.45, 2.75) is 26.2 Å². The standard InChI is InChI=1S/C17H18N4S/c1-10-5-6-12-13(8-10)22-17-14(12)16(18-2)20-15(21-17)11-4-3-7-19-9-11/h3-4,7,9-10H,5-6,8H2,1-2H3,(H,18,20,21)/t10-/m0/s1. The Hall–Kier alpha value is -2.01. The van der Waals surface area contributed by atoms with Gasteiger partial charge in [-0.3, -0.25) is 4.98 Å². The summed E-state index contributed by atoms with van der Waals surface area (Å²) in [5.41, 5.74) is 2.42. The second-order valence-electron chi connectivity index (χ2n) is 5.92. The number of thiophene rings is 1. The van der Waals surface area contributed by atoms with Gasteiger partial charge in [0.05, 0.1) is 5.39 Å². The molecule has 22 heavy (non-hydrogen) atoms.